The van der Waals surface area contributed by atoms with E-state index in [0.29, 0.717) is 0 Å². The van der Waals surface area contributed by atoms with Crippen molar-refractivity contribution in [3.05, 3.63) is 29.8 Å². The summed E-state index contributed by atoms with van der Waals surface area (Å²) < 4.78 is 0. The minimum atomic E-state index is -0.809. The maximum atomic E-state index is 10.8. The fraction of sp³-hybridized carbons (Fsp3) is 0.364. The summed E-state index contributed by atoms with van der Waals surface area (Å²) in [6.45, 7) is 3.65. The van der Waals surface area contributed by atoms with Crippen molar-refractivity contribution in [1.82, 2.24) is 0 Å². The number of aliphatic carboxylic acids is 1. The molecular weight excluding hydrogens is 178 g/mol. The van der Waals surface area contributed by atoms with Crippen LogP contribution >= 0.6 is 0 Å². The third-order valence-electron chi connectivity index (χ3n) is 2.43. The smallest absolute Gasteiger partial charge is 0.326 e. The zero-order valence-corrected chi connectivity index (χ0v) is 8.69. The van der Waals surface area contributed by atoms with Crippen molar-refractivity contribution in [1.29, 1.82) is 0 Å². The number of para-hydroxylation sites is 1. The number of carbonyl (C=O) groups is 1. The zero-order chi connectivity index (χ0) is 10.7. The van der Waals surface area contributed by atoms with Gasteiger partial charge in [-0.05, 0) is 25.5 Å². The SMILES string of the molecule is Cc1ccccc1N(C)[C@@H](C)C(=O)O. The van der Waals surface area contributed by atoms with Gasteiger partial charge in [0.15, 0.2) is 0 Å². The molecule has 0 aliphatic carbocycles. The van der Waals surface area contributed by atoms with Gasteiger partial charge in [-0.3, -0.25) is 0 Å². The van der Waals surface area contributed by atoms with Gasteiger partial charge in [0.2, 0.25) is 0 Å². The Hall–Kier alpha value is -1.51. The molecule has 0 spiro atoms. The predicted molar refractivity (Wildman–Crippen MR) is 56.7 cm³/mol. The minimum Gasteiger partial charge on any atom is -0.480 e. The number of carboxylic acids is 1. The van der Waals surface area contributed by atoms with Crippen LogP contribution in [0, 0.1) is 6.92 Å². The summed E-state index contributed by atoms with van der Waals surface area (Å²) in [5, 5.41) is 8.86. The number of anilines is 1. The molecule has 76 valence electrons. The molecule has 0 fully saturated rings. The number of nitrogens with zero attached hydrogens (tertiary/aromatic N) is 1. The lowest BCUT2D eigenvalue weighted by Gasteiger charge is -2.25. The Labute approximate surface area is 84.0 Å². The van der Waals surface area contributed by atoms with Crippen LogP contribution in [-0.2, 0) is 4.79 Å². The highest BCUT2D eigenvalue weighted by Crippen LogP contribution is 2.19. The molecule has 0 unspecified atom stereocenters. The first kappa shape index (κ1) is 10.6. The first-order chi connectivity index (χ1) is 6.54. The van der Waals surface area contributed by atoms with E-state index in [4.69, 9.17) is 5.11 Å². The Morgan fingerprint density at radius 1 is 1.43 bits per heavy atom. The molecule has 1 N–H and O–H groups in total. The summed E-state index contributed by atoms with van der Waals surface area (Å²) in [6.07, 6.45) is 0. The number of aryl methyl sites for hydroxylation is 1. The monoisotopic (exact) mass is 193 g/mol. The molecule has 0 aromatic heterocycles. The van der Waals surface area contributed by atoms with E-state index < -0.39 is 12.0 Å². The average molecular weight is 193 g/mol. The van der Waals surface area contributed by atoms with E-state index in [1.165, 1.54) is 0 Å². The highest BCUT2D eigenvalue weighted by molar-refractivity contribution is 5.77. The second kappa shape index (κ2) is 4.13. The molecule has 0 saturated heterocycles. The third kappa shape index (κ3) is 2.05. The standard InChI is InChI=1S/C11H15NO2/c1-8-6-4-5-7-10(8)12(3)9(2)11(13)14/h4-7,9H,1-3H3,(H,13,14)/t9-/m0/s1. The quantitative estimate of drug-likeness (QED) is 0.797. The van der Waals surface area contributed by atoms with Crippen LogP contribution in [0.1, 0.15) is 12.5 Å². The van der Waals surface area contributed by atoms with Crippen LogP contribution in [0.15, 0.2) is 24.3 Å². The van der Waals surface area contributed by atoms with E-state index in [0.717, 1.165) is 11.3 Å². The molecule has 1 atom stereocenters. The van der Waals surface area contributed by atoms with Gasteiger partial charge < -0.3 is 10.0 Å². The van der Waals surface area contributed by atoms with Crippen molar-refractivity contribution in [3.63, 3.8) is 0 Å². The van der Waals surface area contributed by atoms with Gasteiger partial charge in [0.25, 0.3) is 0 Å². The molecule has 1 rings (SSSR count). The number of benzene rings is 1. The van der Waals surface area contributed by atoms with Crippen LogP contribution in [0.3, 0.4) is 0 Å². The van der Waals surface area contributed by atoms with E-state index >= 15 is 0 Å². The molecule has 0 saturated carbocycles. The van der Waals surface area contributed by atoms with E-state index in [9.17, 15) is 4.79 Å². The molecule has 0 amide bonds. The maximum absolute atomic E-state index is 10.8. The van der Waals surface area contributed by atoms with Crippen molar-refractivity contribution >= 4 is 11.7 Å². The molecule has 0 aliphatic rings. The topological polar surface area (TPSA) is 40.5 Å². The van der Waals surface area contributed by atoms with E-state index in [-0.39, 0.29) is 0 Å². The van der Waals surface area contributed by atoms with Crippen molar-refractivity contribution in [3.8, 4) is 0 Å². The van der Waals surface area contributed by atoms with Crippen LogP contribution in [0.4, 0.5) is 5.69 Å². The van der Waals surface area contributed by atoms with Crippen molar-refractivity contribution in [2.75, 3.05) is 11.9 Å². The summed E-state index contributed by atoms with van der Waals surface area (Å²) in [5.41, 5.74) is 2.05. The normalized spacial score (nSPS) is 12.2. The van der Waals surface area contributed by atoms with Crippen LogP contribution < -0.4 is 4.90 Å². The highest BCUT2D eigenvalue weighted by Gasteiger charge is 2.17. The van der Waals surface area contributed by atoms with Crippen molar-refractivity contribution in [2.45, 2.75) is 19.9 Å². The lowest BCUT2D eigenvalue weighted by Crippen LogP contribution is -2.36. The summed E-state index contributed by atoms with van der Waals surface area (Å²) in [6, 6.07) is 7.25. The van der Waals surface area contributed by atoms with Gasteiger partial charge in [-0.2, -0.15) is 0 Å². The molecule has 1 aromatic carbocycles. The molecule has 0 radical (unpaired) electrons. The van der Waals surface area contributed by atoms with Gasteiger partial charge in [-0.1, -0.05) is 18.2 Å². The van der Waals surface area contributed by atoms with Gasteiger partial charge in [0, 0.05) is 12.7 Å². The van der Waals surface area contributed by atoms with Gasteiger partial charge in [0.05, 0.1) is 0 Å². The first-order valence-electron chi connectivity index (χ1n) is 4.55. The van der Waals surface area contributed by atoms with Gasteiger partial charge in [0.1, 0.15) is 6.04 Å². The molecule has 0 heterocycles. The Balaban J connectivity index is 2.94. The third-order valence-corrected chi connectivity index (χ3v) is 2.43. The zero-order valence-electron chi connectivity index (χ0n) is 8.69. The lowest BCUT2D eigenvalue weighted by atomic mass is 10.1. The Kier molecular flexibility index (Phi) is 3.12. The van der Waals surface area contributed by atoms with E-state index in [1.807, 2.05) is 31.2 Å². The highest BCUT2D eigenvalue weighted by atomic mass is 16.4. The fourth-order valence-corrected chi connectivity index (χ4v) is 1.33. The van der Waals surface area contributed by atoms with Crippen LogP contribution in [-0.4, -0.2) is 24.2 Å². The first-order valence-corrected chi connectivity index (χ1v) is 4.55. The van der Waals surface area contributed by atoms with Crippen molar-refractivity contribution in [2.24, 2.45) is 0 Å². The molecule has 1 aromatic rings. The second-order valence-electron chi connectivity index (χ2n) is 3.41. The van der Waals surface area contributed by atoms with Crippen LogP contribution in [0.25, 0.3) is 0 Å². The Bertz CT molecular complexity index is 336. The van der Waals surface area contributed by atoms with Crippen LogP contribution in [0.5, 0.6) is 0 Å². The maximum Gasteiger partial charge on any atom is 0.326 e. The number of carboxylic acid groups (broad SMARTS) is 1. The van der Waals surface area contributed by atoms with Gasteiger partial charge in [-0.25, -0.2) is 4.79 Å². The lowest BCUT2D eigenvalue weighted by molar-refractivity contribution is -0.138. The van der Waals surface area contributed by atoms with Gasteiger partial charge in [-0.15, -0.1) is 0 Å². The Morgan fingerprint density at radius 2 is 2.00 bits per heavy atom. The molecule has 14 heavy (non-hydrogen) atoms. The summed E-state index contributed by atoms with van der Waals surface area (Å²) >= 11 is 0. The number of likely N-dealkylation sites (N-methyl/N-ethyl adjacent to an activating group) is 1. The largest absolute Gasteiger partial charge is 0.480 e. The molecular formula is C11H15NO2. The summed E-state index contributed by atoms with van der Waals surface area (Å²) in [7, 11) is 1.79. The molecule has 3 heteroatoms. The predicted octanol–water partition coefficient (Wildman–Crippen LogP) is 1.90. The van der Waals surface area contributed by atoms with E-state index in [2.05, 4.69) is 0 Å². The average Bonchev–Trinajstić information content (AvgIpc) is 2.16. The molecule has 3 nitrogen and oxygen atoms in total. The number of hydrogen-bond acceptors (Lipinski definition) is 2. The Morgan fingerprint density at radius 3 is 2.50 bits per heavy atom. The summed E-state index contributed by atoms with van der Waals surface area (Å²) in [5.74, 6) is -0.809. The number of hydrogen-bond donors (Lipinski definition) is 1. The molecule has 0 bridgehead atoms. The minimum absolute atomic E-state index is 0.504. The molecule has 0 aliphatic heterocycles. The van der Waals surface area contributed by atoms with E-state index in [1.54, 1.807) is 18.9 Å². The van der Waals surface area contributed by atoms with Gasteiger partial charge >= 0.3 is 5.97 Å². The van der Waals surface area contributed by atoms with Crippen molar-refractivity contribution < 1.29 is 9.90 Å². The fourth-order valence-electron chi connectivity index (χ4n) is 1.33. The van der Waals surface area contributed by atoms with Crippen LogP contribution in [0.2, 0.25) is 0 Å². The number of rotatable bonds is 3. The summed E-state index contributed by atoms with van der Waals surface area (Å²) in [4.78, 5) is 12.5. The second-order valence-corrected chi connectivity index (χ2v) is 3.41.